The summed E-state index contributed by atoms with van der Waals surface area (Å²) >= 11 is 0. The van der Waals surface area contributed by atoms with Crippen LogP contribution >= 0.6 is 0 Å². The summed E-state index contributed by atoms with van der Waals surface area (Å²) in [4.78, 5) is 23.1. The number of carbonyl (C=O) groups excluding carboxylic acids is 1. The van der Waals surface area contributed by atoms with E-state index in [-0.39, 0.29) is 12.8 Å². The predicted octanol–water partition coefficient (Wildman–Crippen LogP) is 0.944. The molecule has 0 aromatic rings. The van der Waals surface area contributed by atoms with Gasteiger partial charge >= 0.3 is 11.9 Å². The van der Waals surface area contributed by atoms with Crippen LogP contribution in [0.2, 0.25) is 0 Å². The van der Waals surface area contributed by atoms with Crippen molar-refractivity contribution in [3.8, 4) is 0 Å². The Morgan fingerprint density at radius 3 is 2.25 bits per heavy atom. The summed E-state index contributed by atoms with van der Waals surface area (Å²) in [5.41, 5.74) is -4.30. The lowest BCUT2D eigenvalue weighted by molar-refractivity contribution is -0.224. The first-order valence-corrected chi connectivity index (χ1v) is 5.28. The number of carbonyl (C=O) groups is 2. The summed E-state index contributed by atoms with van der Waals surface area (Å²) in [5, 5.41) is 19.5. The third-order valence-electron chi connectivity index (χ3n) is 3.30. The Morgan fingerprint density at radius 2 is 1.94 bits per heavy atom. The quantitative estimate of drug-likeness (QED) is 0.545. The van der Waals surface area contributed by atoms with Gasteiger partial charge in [-0.05, 0) is 27.2 Å². The molecule has 2 unspecified atom stereocenters. The van der Waals surface area contributed by atoms with Gasteiger partial charge in [0.05, 0.1) is 5.60 Å². The van der Waals surface area contributed by atoms with Crippen LogP contribution in [-0.4, -0.2) is 33.4 Å². The molecule has 1 heterocycles. The molecule has 0 aromatic carbocycles. The lowest BCUT2D eigenvalue weighted by atomic mass is 9.64. The lowest BCUT2D eigenvalue weighted by Gasteiger charge is -2.48. The van der Waals surface area contributed by atoms with Gasteiger partial charge < -0.3 is 14.9 Å². The molecule has 0 radical (unpaired) electrons. The van der Waals surface area contributed by atoms with Gasteiger partial charge in [-0.15, -0.1) is 0 Å². The van der Waals surface area contributed by atoms with Crippen molar-refractivity contribution in [1.29, 1.82) is 0 Å². The van der Waals surface area contributed by atoms with Gasteiger partial charge in [0.15, 0.2) is 5.41 Å². The first kappa shape index (κ1) is 13.0. The fourth-order valence-electron chi connectivity index (χ4n) is 2.57. The average molecular weight is 230 g/mol. The molecule has 1 saturated heterocycles. The highest BCUT2D eigenvalue weighted by Gasteiger charge is 2.64. The van der Waals surface area contributed by atoms with Crippen LogP contribution in [0.25, 0.3) is 0 Å². The van der Waals surface area contributed by atoms with Crippen LogP contribution < -0.4 is 0 Å². The molecule has 1 fully saturated rings. The fraction of sp³-hybridized carbons (Fsp3) is 0.818. The Balaban J connectivity index is 3.29. The lowest BCUT2D eigenvalue weighted by Crippen LogP contribution is -2.64. The van der Waals surface area contributed by atoms with Crippen LogP contribution in [-0.2, 0) is 14.3 Å². The first-order chi connectivity index (χ1) is 7.09. The molecule has 2 atom stereocenters. The van der Waals surface area contributed by atoms with E-state index in [0.29, 0.717) is 0 Å². The van der Waals surface area contributed by atoms with Crippen LogP contribution in [0, 0.1) is 5.41 Å². The van der Waals surface area contributed by atoms with Crippen molar-refractivity contribution in [3.05, 3.63) is 0 Å². The number of hydrogen-bond acceptors (Lipinski definition) is 4. The highest BCUT2D eigenvalue weighted by Crippen LogP contribution is 2.47. The number of carboxylic acid groups (broad SMARTS) is 1. The van der Waals surface area contributed by atoms with Crippen LogP contribution in [0.1, 0.15) is 40.5 Å². The molecular formula is C11H18O5. The Morgan fingerprint density at radius 1 is 1.44 bits per heavy atom. The van der Waals surface area contributed by atoms with Gasteiger partial charge in [0.25, 0.3) is 0 Å². The molecule has 0 aromatic heterocycles. The summed E-state index contributed by atoms with van der Waals surface area (Å²) in [6.45, 7) is 6.25. The van der Waals surface area contributed by atoms with Gasteiger partial charge in [0, 0.05) is 6.42 Å². The number of ether oxygens (including phenoxy) is 1. The van der Waals surface area contributed by atoms with Crippen LogP contribution in [0.15, 0.2) is 0 Å². The monoisotopic (exact) mass is 230 g/mol. The molecule has 1 rings (SSSR count). The average Bonchev–Trinajstić information content (AvgIpc) is 1.98. The van der Waals surface area contributed by atoms with E-state index in [2.05, 4.69) is 0 Å². The number of aliphatic carboxylic acids is 1. The minimum atomic E-state index is -1.86. The van der Waals surface area contributed by atoms with Crippen LogP contribution in [0.5, 0.6) is 0 Å². The predicted molar refractivity (Wildman–Crippen MR) is 55.8 cm³/mol. The summed E-state index contributed by atoms with van der Waals surface area (Å²) < 4.78 is 5.10. The molecule has 5 heteroatoms. The minimum absolute atomic E-state index is 0.00421. The first-order valence-electron chi connectivity index (χ1n) is 5.28. The molecule has 92 valence electrons. The molecule has 1 aliphatic heterocycles. The number of esters is 1. The van der Waals surface area contributed by atoms with Gasteiger partial charge in [-0.25, -0.2) is 0 Å². The molecule has 0 amide bonds. The van der Waals surface area contributed by atoms with Crippen molar-refractivity contribution in [3.63, 3.8) is 0 Å². The minimum Gasteiger partial charge on any atom is -0.480 e. The molecule has 1 aliphatic rings. The van der Waals surface area contributed by atoms with E-state index in [0.717, 1.165) is 0 Å². The number of carboxylic acids is 1. The van der Waals surface area contributed by atoms with E-state index in [4.69, 9.17) is 4.74 Å². The van der Waals surface area contributed by atoms with Crippen molar-refractivity contribution >= 4 is 11.9 Å². The van der Waals surface area contributed by atoms with Gasteiger partial charge in [0.1, 0.15) is 5.60 Å². The standard InChI is InChI=1S/C11H18O5/c1-5-11(7(12)13)8(14)16-9(2,3)6-10(11,4)15/h15H,5-6H2,1-4H3,(H,12,13). The summed E-state index contributed by atoms with van der Waals surface area (Å²) in [6, 6.07) is 0. The third kappa shape index (κ3) is 1.59. The fourth-order valence-corrected chi connectivity index (χ4v) is 2.57. The summed E-state index contributed by atoms with van der Waals surface area (Å²) in [5.74, 6) is -2.19. The Hall–Kier alpha value is -1.10. The number of rotatable bonds is 2. The SMILES string of the molecule is CCC1(C(=O)O)C(=O)OC(C)(C)CC1(C)O. The van der Waals surface area contributed by atoms with Crippen molar-refractivity contribution in [2.24, 2.45) is 5.41 Å². The highest BCUT2D eigenvalue weighted by atomic mass is 16.6. The van der Waals surface area contributed by atoms with Crippen molar-refractivity contribution < 1.29 is 24.5 Å². The Bertz CT molecular complexity index is 331. The Labute approximate surface area is 94.4 Å². The van der Waals surface area contributed by atoms with Crippen LogP contribution in [0.3, 0.4) is 0 Å². The second-order valence-corrected chi connectivity index (χ2v) is 5.16. The molecule has 0 aliphatic carbocycles. The maximum absolute atomic E-state index is 11.9. The zero-order chi connectivity index (χ0) is 12.8. The molecule has 16 heavy (non-hydrogen) atoms. The van der Waals surface area contributed by atoms with E-state index in [1.807, 2.05) is 0 Å². The second-order valence-electron chi connectivity index (χ2n) is 5.16. The van der Waals surface area contributed by atoms with E-state index in [1.165, 1.54) is 6.92 Å². The number of cyclic esters (lactones) is 1. The maximum Gasteiger partial charge on any atom is 0.327 e. The third-order valence-corrected chi connectivity index (χ3v) is 3.30. The molecule has 0 bridgehead atoms. The van der Waals surface area contributed by atoms with Gasteiger partial charge in [-0.3, -0.25) is 9.59 Å². The molecule has 0 saturated carbocycles. The molecular weight excluding hydrogens is 212 g/mol. The number of hydrogen-bond donors (Lipinski definition) is 2. The molecule has 0 spiro atoms. The van der Waals surface area contributed by atoms with Crippen molar-refractivity contribution in [1.82, 2.24) is 0 Å². The smallest absolute Gasteiger partial charge is 0.327 e. The largest absolute Gasteiger partial charge is 0.480 e. The van der Waals surface area contributed by atoms with Gasteiger partial charge in [0.2, 0.25) is 0 Å². The molecule has 5 nitrogen and oxygen atoms in total. The second kappa shape index (κ2) is 3.45. The zero-order valence-corrected chi connectivity index (χ0v) is 10.0. The maximum atomic E-state index is 11.9. The zero-order valence-electron chi connectivity index (χ0n) is 10.0. The van der Waals surface area contributed by atoms with Crippen molar-refractivity contribution in [2.75, 3.05) is 0 Å². The molecule has 2 N–H and O–H groups in total. The normalized spacial score (nSPS) is 37.9. The number of aliphatic hydroxyl groups is 1. The summed E-state index contributed by atoms with van der Waals surface area (Å²) in [7, 11) is 0. The van der Waals surface area contributed by atoms with E-state index >= 15 is 0 Å². The van der Waals surface area contributed by atoms with E-state index < -0.39 is 28.6 Å². The van der Waals surface area contributed by atoms with Gasteiger partial charge in [-0.2, -0.15) is 0 Å². The highest BCUT2D eigenvalue weighted by molar-refractivity contribution is 6.01. The van der Waals surface area contributed by atoms with Crippen LogP contribution in [0.4, 0.5) is 0 Å². The van der Waals surface area contributed by atoms with E-state index in [1.54, 1.807) is 20.8 Å². The topological polar surface area (TPSA) is 83.8 Å². The van der Waals surface area contributed by atoms with Crippen molar-refractivity contribution in [2.45, 2.75) is 51.7 Å². The van der Waals surface area contributed by atoms with Gasteiger partial charge in [-0.1, -0.05) is 6.92 Å². The van der Waals surface area contributed by atoms with E-state index in [9.17, 15) is 19.8 Å². The Kier molecular flexibility index (Phi) is 2.79. The summed E-state index contributed by atoms with van der Waals surface area (Å²) in [6.07, 6.45) is 0.107.